The summed E-state index contributed by atoms with van der Waals surface area (Å²) in [5.41, 5.74) is 1.44. The molecule has 0 aliphatic rings. The Labute approximate surface area is 123 Å². The summed E-state index contributed by atoms with van der Waals surface area (Å²) < 4.78 is 26.1. The van der Waals surface area contributed by atoms with Crippen LogP contribution in [0.4, 0.5) is 5.69 Å². The largest absolute Gasteiger partial charge is 0.325 e. The van der Waals surface area contributed by atoms with Gasteiger partial charge in [-0.3, -0.25) is 9.29 Å². The second-order valence-corrected chi connectivity index (χ2v) is 6.03. The third-order valence-electron chi connectivity index (χ3n) is 2.62. The number of anilines is 1. The van der Waals surface area contributed by atoms with Crippen molar-refractivity contribution in [3.05, 3.63) is 52.7 Å². The Morgan fingerprint density at radius 3 is 2.40 bits per heavy atom. The molecule has 0 amide bonds. The topological polar surface area (TPSA) is 84.0 Å². The summed E-state index contributed by atoms with van der Waals surface area (Å²) >= 11 is 0. The highest BCUT2D eigenvalue weighted by molar-refractivity contribution is 7.92. The summed E-state index contributed by atoms with van der Waals surface area (Å²) in [6, 6.07) is 7.09. The lowest BCUT2D eigenvalue weighted by molar-refractivity contribution is 0.607. The second-order valence-electron chi connectivity index (χ2n) is 4.28. The molecule has 2 N–H and O–H groups in total. The molecule has 0 bridgehead atoms. The molecule has 8 heteroatoms. The zero-order valence-electron chi connectivity index (χ0n) is 10.9. The van der Waals surface area contributed by atoms with Crippen molar-refractivity contribution in [2.75, 3.05) is 11.0 Å². The smallest absolute Gasteiger partial charge is 0.313 e. The van der Waals surface area contributed by atoms with E-state index in [0.717, 1.165) is 11.8 Å². The maximum absolute atomic E-state index is 11.3. The number of H-pyrrole nitrogens is 1. The minimum Gasteiger partial charge on any atom is -0.313 e. The fraction of sp³-hybridized carbons (Fsp3) is 0.250. The van der Waals surface area contributed by atoms with E-state index in [0.29, 0.717) is 18.7 Å². The Hall–Kier alpha value is -1.73. The molecular formula is C12H16ClN3O3S. The summed E-state index contributed by atoms with van der Waals surface area (Å²) in [5.74, 6) is 0. The van der Waals surface area contributed by atoms with Crippen LogP contribution in [0.5, 0.6) is 0 Å². The Bertz CT molecular complexity index is 704. The highest BCUT2D eigenvalue weighted by Gasteiger charge is 2.02. The fourth-order valence-electron chi connectivity index (χ4n) is 1.73. The summed E-state index contributed by atoms with van der Waals surface area (Å²) in [4.78, 5) is 13.9. The van der Waals surface area contributed by atoms with Crippen LogP contribution >= 0.6 is 12.4 Å². The van der Waals surface area contributed by atoms with Gasteiger partial charge in [0, 0.05) is 24.6 Å². The summed E-state index contributed by atoms with van der Waals surface area (Å²) in [5, 5.41) is 0. The average molecular weight is 318 g/mol. The van der Waals surface area contributed by atoms with Crippen molar-refractivity contribution in [1.82, 2.24) is 9.55 Å². The van der Waals surface area contributed by atoms with Gasteiger partial charge >= 0.3 is 5.69 Å². The van der Waals surface area contributed by atoms with Crippen LogP contribution < -0.4 is 10.4 Å². The number of hydrogen-bond donors (Lipinski definition) is 2. The Morgan fingerprint density at radius 1 is 1.25 bits per heavy atom. The number of aromatic nitrogens is 2. The van der Waals surface area contributed by atoms with Crippen LogP contribution in [0.3, 0.4) is 0 Å². The monoisotopic (exact) mass is 317 g/mol. The third kappa shape index (κ3) is 4.75. The molecule has 0 atom stereocenters. The summed E-state index contributed by atoms with van der Waals surface area (Å²) in [6.07, 6.45) is 5.11. The van der Waals surface area contributed by atoms with Gasteiger partial charge in [-0.15, -0.1) is 12.4 Å². The van der Waals surface area contributed by atoms with Crippen LogP contribution in [0.25, 0.3) is 0 Å². The van der Waals surface area contributed by atoms with Crippen molar-refractivity contribution in [2.45, 2.75) is 13.0 Å². The average Bonchev–Trinajstić information content (AvgIpc) is 2.72. The summed E-state index contributed by atoms with van der Waals surface area (Å²) in [7, 11) is -3.24. The molecule has 1 aromatic carbocycles. The van der Waals surface area contributed by atoms with Gasteiger partial charge in [0.15, 0.2) is 0 Å². The SMILES string of the molecule is CS(=O)(=O)Nc1ccc(CCn2cc[nH]c2=O)cc1.Cl. The number of hydrogen-bond acceptors (Lipinski definition) is 3. The minimum atomic E-state index is -3.24. The van der Waals surface area contributed by atoms with Crippen molar-refractivity contribution in [1.29, 1.82) is 0 Å². The van der Waals surface area contributed by atoms with Gasteiger partial charge in [0.25, 0.3) is 0 Å². The maximum atomic E-state index is 11.3. The van der Waals surface area contributed by atoms with E-state index < -0.39 is 10.0 Å². The zero-order valence-corrected chi connectivity index (χ0v) is 12.5. The van der Waals surface area contributed by atoms with Gasteiger partial charge in [-0.25, -0.2) is 13.2 Å². The predicted molar refractivity (Wildman–Crippen MR) is 80.9 cm³/mol. The van der Waals surface area contributed by atoms with Gasteiger partial charge in [-0.2, -0.15) is 0 Å². The molecule has 0 fully saturated rings. The molecule has 110 valence electrons. The van der Waals surface area contributed by atoms with Crippen LogP contribution in [0.1, 0.15) is 5.56 Å². The van der Waals surface area contributed by atoms with Crippen molar-refractivity contribution in [3.63, 3.8) is 0 Å². The molecule has 1 aromatic heterocycles. The van der Waals surface area contributed by atoms with Gasteiger partial charge in [0.2, 0.25) is 10.0 Å². The molecular weight excluding hydrogens is 302 g/mol. The predicted octanol–water partition coefficient (Wildman–Crippen LogP) is 1.21. The fourth-order valence-corrected chi connectivity index (χ4v) is 2.29. The number of aryl methyl sites for hydroxylation is 2. The first-order valence-corrected chi connectivity index (χ1v) is 7.64. The Balaban J connectivity index is 0.00000200. The van der Waals surface area contributed by atoms with Gasteiger partial charge < -0.3 is 4.98 Å². The molecule has 0 aliphatic heterocycles. The standard InChI is InChI=1S/C12H15N3O3S.ClH/c1-19(17,18)14-11-4-2-10(3-5-11)6-8-15-9-7-13-12(15)16;/h2-5,7,9,14H,6,8H2,1H3,(H,13,16);1H. The molecule has 0 aliphatic carbocycles. The molecule has 6 nitrogen and oxygen atoms in total. The molecule has 20 heavy (non-hydrogen) atoms. The number of halogens is 1. The number of sulfonamides is 1. The number of nitrogens with one attached hydrogen (secondary N) is 2. The molecule has 0 unspecified atom stereocenters. The van der Waals surface area contributed by atoms with E-state index in [1.807, 2.05) is 12.1 Å². The number of imidazole rings is 1. The minimum absolute atomic E-state index is 0. The zero-order chi connectivity index (χ0) is 13.9. The molecule has 0 radical (unpaired) electrons. The third-order valence-corrected chi connectivity index (χ3v) is 3.23. The molecule has 1 heterocycles. The van der Waals surface area contributed by atoms with E-state index in [1.54, 1.807) is 29.1 Å². The number of benzene rings is 1. The lowest BCUT2D eigenvalue weighted by atomic mass is 10.1. The van der Waals surface area contributed by atoms with Gasteiger partial charge in [-0.05, 0) is 24.1 Å². The normalized spacial score (nSPS) is 10.8. The lowest BCUT2D eigenvalue weighted by Crippen LogP contribution is -2.17. The van der Waals surface area contributed by atoms with Crippen LogP contribution in [0.15, 0.2) is 41.5 Å². The van der Waals surface area contributed by atoms with E-state index in [-0.39, 0.29) is 18.1 Å². The molecule has 0 spiro atoms. The van der Waals surface area contributed by atoms with Crippen LogP contribution in [-0.4, -0.2) is 24.2 Å². The number of nitrogens with zero attached hydrogens (tertiary/aromatic N) is 1. The Morgan fingerprint density at radius 2 is 1.90 bits per heavy atom. The quantitative estimate of drug-likeness (QED) is 0.869. The maximum Gasteiger partial charge on any atom is 0.325 e. The van der Waals surface area contributed by atoms with E-state index in [1.165, 1.54) is 0 Å². The van der Waals surface area contributed by atoms with Crippen molar-refractivity contribution in [2.24, 2.45) is 0 Å². The van der Waals surface area contributed by atoms with Gasteiger partial charge in [-0.1, -0.05) is 12.1 Å². The second kappa shape index (κ2) is 6.62. The van der Waals surface area contributed by atoms with Crippen molar-refractivity contribution < 1.29 is 8.42 Å². The molecule has 2 aromatic rings. The number of aromatic amines is 1. The van der Waals surface area contributed by atoms with E-state index in [2.05, 4.69) is 9.71 Å². The van der Waals surface area contributed by atoms with Crippen molar-refractivity contribution >= 4 is 28.1 Å². The number of rotatable bonds is 5. The first-order valence-electron chi connectivity index (χ1n) is 5.74. The summed E-state index contributed by atoms with van der Waals surface area (Å²) in [6.45, 7) is 0.585. The van der Waals surface area contributed by atoms with E-state index in [4.69, 9.17) is 0 Å². The Kier molecular flexibility index (Phi) is 5.41. The van der Waals surface area contributed by atoms with Gasteiger partial charge in [0.05, 0.1) is 6.26 Å². The van der Waals surface area contributed by atoms with Crippen LogP contribution in [0, 0.1) is 0 Å². The lowest BCUT2D eigenvalue weighted by Gasteiger charge is -2.06. The highest BCUT2D eigenvalue weighted by atomic mass is 35.5. The van der Waals surface area contributed by atoms with E-state index in [9.17, 15) is 13.2 Å². The van der Waals surface area contributed by atoms with Crippen LogP contribution in [-0.2, 0) is 23.0 Å². The van der Waals surface area contributed by atoms with Crippen LogP contribution in [0.2, 0.25) is 0 Å². The first-order chi connectivity index (χ1) is 8.94. The molecule has 2 rings (SSSR count). The highest BCUT2D eigenvalue weighted by Crippen LogP contribution is 2.11. The van der Waals surface area contributed by atoms with Crippen molar-refractivity contribution in [3.8, 4) is 0 Å². The first kappa shape index (κ1) is 16.3. The van der Waals surface area contributed by atoms with E-state index >= 15 is 0 Å². The van der Waals surface area contributed by atoms with Gasteiger partial charge in [0.1, 0.15) is 0 Å². The molecule has 0 saturated carbocycles. The molecule has 0 saturated heterocycles.